The van der Waals surface area contributed by atoms with Crippen LogP contribution in [0.25, 0.3) is 17.0 Å². The number of allylic oxidation sites excluding steroid dienone is 1. The Morgan fingerprint density at radius 3 is 2.70 bits per heavy atom. The quantitative estimate of drug-likeness (QED) is 0.395. The fourth-order valence-electron chi connectivity index (χ4n) is 3.92. The van der Waals surface area contributed by atoms with E-state index in [4.69, 9.17) is 30.9 Å². The number of nitrogens with zero attached hydrogens (tertiary/aromatic N) is 3. The van der Waals surface area contributed by atoms with Crippen LogP contribution < -0.4 is 10.1 Å². The Kier molecular flexibility index (Phi) is 5.66. The normalized spacial score (nSPS) is 16.1. The van der Waals surface area contributed by atoms with Crippen molar-refractivity contribution in [3.8, 4) is 17.1 Å². The zero-order valence-corrected chi connectivity index (χ0v) is 19.0. The molecule has 0 amide bonds. The van der Waals surface area contributed by atoms with E-state index in [1.54, 1.807) is 13.4 Å². The zero-order chi connectivity index (χ0) is 22.8. The van der Waals surface area contributed by atoms with Gasteiger partial charge in [0.25, 0.3) is 5.89 Å². The Balaban J connectivity index is 1.61. The van der Waals surface area contributed by atoms with E-state index in [0.717, 1.165) is 33.9 Å². The maximum atomic E-state index is 5.77. The number of nitrogens with one attached hydrogen (secondary N) is 1. The molecule has 1 aliphatic heterocycles. The second-order valence-electron chi connectivity index (χ2n) is 7.61. The van der Waals surface area contributed by atoms with Gasteiger partial charge in [-0.05, 0) is 49.0 Å². The van der Waals surface area contributed by atoms with Crippen molar-refractivity contribution in [2.24, 2.45) is 0 Å². The Bertz CT molecular complexity index is 1300. The summed E-state index contributed by atoms with van der Waals surface area (Å²) in [5.74, 6) is 2.51. The smallest absolute Gasteiger partial charge is 0.258 e. The average molecular weight is 459 g/mol. The first-order valence-electron chi connectivity index (χ1n) is 10.5. The molecular weight excluding hydrogens is 436 g/mol. The third-order valence-corrected chi connectivity index (χ3v) is 5.94. The highest BCUT2D eigenvalue weighted by Gasteiger charge is 2.34. The molecule has 1 aliphatic rings. The number of aromatic nitrogens is 2. The van der Waals surface area contributed by atoms with Gasteiger partial charge in [0.1, 0.15) is 11.5 Å². The summed E-state index contributed by atoms with van der Waals surface area (Å²) in [5, 5.41) is 8.27. The van der Waals surface area contributed by atoms with Gasteiger partial charge in [-0.15, -0.1) is 0 Å². The number of hydrogen-bond donors (Lipinski definition) is 1. The van der Waals surface area contributed by atoms with Crippen LogP contribution in [0.5, 0.6) is 5.75 Å². The first-order chi connectivity index (χ1) is 16.1. The molecule has 0 bridgehead atoms. The molecule has 4 aromatic rings. The molecule has 2 aromatic carbocycles. The highest BCUT2D eigenvalue weighted by molar-refractivity contribution is 7.80. The summed E-state index contributed by atoms with van der Waals surface area (Å²) in [6, 6.07) is 21.1. The lowest BCUT2D eigenvalue weighted by Crippen LogP contribution is -2.45. The molecule has 8 heteroatoms. The number of rotatable bonds is 6. The van der Waals surface area contributed by atoms with Gasteiger partial charge in [-0.2, -0.15) is 4.98 Å². The van der Waals surface area contributed by atoms with Crippen LogP contribution >= 0.6 is 12.2 Å². The van der Waals surface area contributed by atoms with Crippen LogP contribution in [0.1, 0.15) is 30.2 Å². The Hall–Kier alpha value is -3.91. The van der Waals surface area contributed by atoms with Crippen molar-refractivity contribution in [3.63, 3.8) is 0 Å². The van der Waals surface area contributed by atoms with E-state index in [1.807, 2.05) is 78.6 Å². The van der Waals surface area contributed by atoms with Crippen LogP contribution in [0.3, 0.4) is 0 Å². The molecule has 0 spiro atoms. The molecule has 2 aromatic heterocycles. The number of methoxy groups -OCH3 is 1. The summed E-state index contributed by atoms with van der Waals surface area (Å²) in [4.78, 5) is 6.71. The van der Waals surface area contributed by atoms with Crippen molar-refractivity contribution < 1.29 is 13.7 Å². The predicted molar refractivity (Wildman–Crippen MR) is 128 cm³/mol. The highest BCUT2D eigenvalue weighted by Crippen LogP contribution is 2.38. The zero-order valence-electron chi connectivity index (χ0n) is 18.2. The van der Waals surface area contributed by atoms with Gasteiger partial charge >= 0.3 is 0 Å². The molecule has 7 nitrogen and oxygen atoms in total. The van der Waals surface area contributed by atoms with Crippen molar-refractivity contribution in [1.82, 2.24) is 20.4 Å². The van der Waals surface area contributed by atoms with Crippen LogP contribution in [0.2, 0.25) is 0 Å². The van der Waals surface area contributed by atoms with Crippen LogP contribution in [0.15, 0.2) is 87.6 Å². The lowest BCUT2D eigenvalue weighted by molar-refractivity contribution is 0.382. The van der Waals surface area contributed by atoms with Crippen molar-refractivity contribution in [1.29, 1.82) is 0 Å². The molecular formula is C25H22N4O3S. The summed E-state index contributed by atoms with van der Waals surface area (Å²) in [6.07, 6.45) is 1.65. The van der Waals surface area contributed by atoms with Crippen molar-refractivity contribution >= 4 is 22.9 Å². The number of furan rings is 1. The van der Waals surface area contributed by atoms with E-state index in [1.165, 1.54) is 0 Å². The van der Waals surface area contributed by atoms with Crippen molar-refractivity contribution in [2.75, 3.05) is 7.11 Å². The van der Waals surface area contributed by atoms with Gasteiger partial charge in [0.2, 0.25) is 5.82 Å². The number of ether oxygens (including phenoxy) is 1. The number of thiocarbonyl (C=S) groups is 1. The first kappa shape index (κ1) is 21.0. The van der Waals surface area contributed by atoms with E-state index < -0.39 is 0 Å². The molecule has 166 valence electrons. The summed E-state index contributed by atoms with van der Waals surface area (Å²) in [7, 11) is 1.65. The Morgan fingerprint density at radius 2 is 1.94 bits per heavy atom. The fourth-order valence-corrected chi connectivity index (χ4v) is 4.23. The summed E-state index contributed by atoms with van der Waals surface area (Å²) < 4.78 is 16.8. The molecule has 0 saturated carbocycles. The molecule has 1 N–H and O–H groups in total. The second-order valence-corrected chi connectivity index (χ2v) is 8.00. The van der Waals surface area contributed by atoms with Gasteiger partial charge in [-0.25, -0.2) is 0 Å². The largest absolute Gasteiger partial charge is 0.497 e. The van der Waals surface area contributed by atoms with E-state index in [2.05, 4.69) is 10.5 Å². The summed E-state index contributed by atoms with van der Waals surface area (Å²) in [6.45, 7) is 2.49. The van der Waals surface area contributed by atoms with Crippen LogP contribution in [-0.2, 0) is 6.54 Å². The average Bonchev–Trinajstić information content (AvgIpc) is 3.54. The van der Waals surface area contributed by atoms with Crippen LogP contribution in [-0.4, -0.2) is 27.3 Å². The lowest BCUT2D eigenvalue weighted by atomic mass is 9.94. The van der Waals surface area contributed by atoms with Gasteiger partial charge in [0, 0.05) is 11.3 Å². The minimum absolute atomic E-state index is 0.287. The molecule has 0 fully saturated rings. The van der Waals surface area contributed by atoms with Gasteiger partial charge < -0.3 is 23.9 Å². The van der Waals surface area contributed by atoms with E-state index in [9.17, 15) is 0 Å². The minimum atomic E-state index is -0.287. The number of benzene rings is 2. The van der Waals surface area contributed by atoms with Crippen molar-refractivity contribution in [2.45, 2.75) is 19.5 Å². The maximum Gasteiger partial charge on any atom is 0.258 e. The molecule has 1 atom stereocenters. The topological polar surface area (TPSA) is 76.6 Å². The summed E-state index contributed by atoms with van der Waals surface area (Å²) in [5.41, 5.74) is 3.61. The molecule has 33 heavy (non-hydrogen) atoms. The summed E-state index contributed by atoms with van der Waals surface area (Å²) >= 11 is 5.74. The Labute approximate surface area is 196 Å². The van der Waals surface area contributed by atoms with Crippen LogP contribution in [0.4, 0.5) is 0 Å². The van der Waals surface area contributed by atoms with Gasteiger partial charge in [-0.3, -0.25) is 0 Å². The molecule has 0 radical (unpaired) electrons. The SMILES string of the molecule is COc1cccc(C2NC(=S)N(Cc3ccco3)C(C)=C2c2nc(-c3ccccc3)no2)c1. The number of hydrogen-bond acceptors (Lipinski definition) is 6. The van der Waals surface area contributed by atoms with Gasteiger partial charge in [0.05, 0.1) is 31.5 Å². The Morgan fingerprint density at radius 1 is 1.09 bits per heavy atom. The third kappa shape index (κ3) is 4.12. The highest BCUT2D eigenvalue weighted by atomic mass is 32.1. The van der Waals surface area contributed by atoms with Gasteiger partial charge in [0.15, 0.2) is 5.11 Å². The third-order valence-electron chi connectivity index (χ3n) is 5.61. The molecule has 1 unspecified atom stereocenters. The molecule has 5 rings (SSSR count). The second kappa shape index (κ2) is 8.91. The van der Waals surface area contributed by atoms with E-state index >= 15 is 0 Å². The fraction of sp³-hybridized carbons (Fsp3) is 0.160. The minimum Gasteiger partial charge on any atom is -0.497 e. The predicted octanol–water partition coefficient (Wildman–Crippen LogP) is 5.20. The van der Waals surface area contributed by atoms with Crippen LogP contribution in [0, 0.1) is 0 Å². The maximum absolute atomic E-state index is 5.77. The first-order valence-corrected chi connectivity index (χ1v) is 10.9. The molecule has 3 heterocycles. The standard InChI is InChI=1S/C25H22N4O3S/c1-16-21(24-27-23(28-32-24)17-8-4-3-5-9-17)22(18-10-6-11-19(14-18)30-2)26-25(33)29(16)15-20-12-7-13-31-20/h3-14,22H,15H2,1-2H3,(H,26,33). The molecule has 0 saturated heterocycles. The lowest BCUT2D eigenvalue weighted by Gasteiger charge is -2.37. The van der Waals surface area contributed by atoms with E-state index in [0.29, 0.717) is 23.4 Å². The van der Waals surface area contributed by atoms with Crippen molar-refractivity contribution in [3.05, 3.63) is 95.9 Å². The van der Waals surface area contributed by atoms with E-state index in [-0.39, 0.29) is 6.04 Å². The molecule has 0 aliphatic carbocycles. The van der Waals surface area contributed by atoms with Gasteiger partial charge in [-0.1, -0.05) is 47.6 Å². The monoisotopic (exact) mass is 458 g/mol.